The van der Waals surface area contributed by atoms with Crippen LogP contribution in [-0.2, 0) is 23.9 Å². The van der Waals surface area contributed by atoms with Gasteiger partial charge in [0.2, 0.25) is 11.8 Å². The molecular weight excluding hydrogens is 510 g/mol. The first kappa shape index (κ1) is 30.6. The van der Waals surface area contributed by atoms with Crippen LogP contribution in [0.4, 0.5) is 5.69 Å². The summed E-state index contributed by atoms with van der Waals surface area (Å²) in [5, 5.41) is 17.0. The fraction of sp³-hybridized carbons (Fsp3) is 0.419. The minimum atomic E-state index is -1.18. The Bertz CT molecular complexity index is 1210. The van der Waals surface area contributed by atoms with Crippen molar-refractivity contribution in [1.29, 1.82) is 0 Å². The summed E-state index contributed by atoms with van der Waals surface area (Å²) < 4.78 is 5.34. The van der Waals surface area contributed by atoms with Crippen LogP contribution in [0.25, 0.3) is 10.8 Å². The Morgan fingerprint density at radius 3 is 2.58 bits per heavy atom. The summed E-state index contributed by atoms with van der Waals surface area (Å²) in [5.41, 5.74) is 0.530. The highest BCUT2D eigenvalue weighted by Crippen LogP contribution is 2.22. The maximum Gasteiger partial charge on any atom is 0.305 e. The molecule has 40 heavy (non-hydrogen) atoms. The third-order valence-electron chi connectivity index (χ3n) is 7.00. The molecule has 214 valence electrons. The van der Waals surface area contributed by atoms with Gasteiger partial charge in [-0.2, -0.15) is 0 Å². The van der Waals surface area contributed by atoms with Gasteiger partial charge in [-0.1, -0.05) is 42.5 Å². The van der Waals surface area contributed by atoms with Crippen molar-refractivity contribution in [3.05, 3.63) is 67.8 Å². The zero-order valence-electron chi connectivity index (χ0n) is 22.8. The Morgan fingerprint density at radius 1 is 1.07 bits per heavy atom. The highest BCUT2D eigenvalue weighted by atomic mass is 16.5. The number of nitrogens with zero attached hydrogens (tertiary/aromatic N) is 1. The van der Waals surface area contributed by atoms with Crippen molar-refractivity contribution in [3.8, 4) is 0 Å². The molecule has 9 nitrogen and oxygen atoms in total. The summed E-state index contributed by atoms with van der Waals surface area (Å²) in [4.78, 5) is 53.4. The molecule has 3 amide bonds. The lowest BCUT2D eigenvalue weighted by molar-refractivity contribution is -0.146. The van der Waals surface area contributed by atoms with E-state index in [1.165, 1.54) is 0 Å². The quantitative estimate of drug-likeness (QED) is 0.177. The van der Waals surface area contributed by atoms with Crippen LogP contribution in [0.2, 0.25) is 0 Å². The fourth-order valence-electron chi connectivity index (χ4n) is 4.77. The zero-order valence-corrected chi connectivity index (χ0v) is 22.8. The van der Waals surface area contributed by atoms with Crippen molar-refractivity contribution in [2.75, 3.05) is 25.1 Å². The van der Waals surface area contributed by atoms with Gasteiger partial charge in [0.1, 0.15) is 12.6 Å². The lowest BCUT2D eigenvalue weighted by atomic mass is 9.98. The van der Waals surface area contributed by atoms with E-state index < -0.39 is 29.7 Å². The van der Waals surface area contributed by atoms with E-state index in [4.69, 9.17) is 4.74 Å². The number of unbranched alkanes of at least 4 members (excludes halogenated alkanes) is 1. The molecule has 1 aliphatic rings. The van der Waals surface area contributed by atoms with Gasteiger partial charge in [-0.3, -0.25) is 19.2 Å². The van der Waals surface area contributed by atoms with Gasteiger partial charge in [0, 0.05) is 25.1 Å². The number of ether oxygens (including phenoxy) is 1. The van der Waals surface area contributed by atoms with Crippen LogP contribution in [0.5, 0.6) is 0 Å². The molecule has 1 heterocycles. The Kier molecular flexibility index (Phi) is 11.9. The Balaban J connectivity index is 1.72. The third-order valence-corrected chi connectivity index (χ3v) is 7.00. The minimum Gasteiger partial charge on any atom is -0.463 e. The first-order chi connectivity index (χ1) is 19.4. The molecule has 3 rings (SSSR count). The predicted octanol–water partition coefficient (Wildman–Crippen LogP) is 3.73. The normalized spacial score (nSPS) is 16.1. The maximum atomic E-state index is 13.3. The summed E-state index contributed by atoms with van der Waals surface area (Å²) in [6.07, 6.45) is 6.29. The van der Waals surface area contributed by atoms with Crippen molar-refractivity contribution >= 4 is 40.2 Å². The zero-order chi connectivity index (χ0) is 28.9. The number of nitrogens with one attached hydrogen (secondary N) is 2. The molecule has 0 saturated carbocycles. The van der Waals surface area contributed by atoms with Crippen LogP contribution < -0.4 is 10.6 Å². The summed E-state index contributed by atoms with van der Waals surface area (Å²) >= 11 is 0. The third kappa shape index (κ3) is 8.77. The molecule has 1 saturated heterocycles. The molecule has 0 aliphatic carbocycles. The van der Waals surface area contributed by atoms with Gasteiger partial charge in [-0.25, -0.2) is 0 Å². The molecule has 3 N–H and O–H groups in total. The van der Waals surface area contributed by atoms with Crippen molar-refractivity contribution in [2.45, 2.75) is 57.0 Å². The number of rotatable bonds is 15. The van der Waals surface area contributed by atoms with E-state index in [9.17, 15) is 24.3 Å². The number of likely N-dealkylation sites (tertiary alicyclic amines) is 1. The molecule has 2 aromatic carbocycles. The van der Waals surface area contributed by atoms with Crippen molar-refractivity contribution in [3.63, 3.8) is 0 Å². The number of aliphatic hydroxyl groups is 1. The topological polar surface area (TPSA) is 125 Å². The van der Waals surface area contributed by atoms with Gasteiger partial charge in [-0.15, -0.1) is 13.2 Å². The molecule has 3 atom stereocenters. The van der Waals surface area contributed by atoms with Gasteiger partial charge in [-0.05, 0) is 55.0 Å². The molecular formula is C31H39N3O6. The number of benzene rings is 2. The molecule has 0 bridgehead atoms. The number of esters is 1. The average molecular weight is 550 g/mol. The van der Waals surface area contributed by atoms with Crippen molar-refractivity contribution < 1.29 is 29.0 Å². The van der Waals surface area contributed by atoms with Crippen LogP contribution in [0.15, 0.2) is 67.8 Å². The van der Waals surface area contributed by atoms with Gasteiger partial charge >= 0.3 is 5.97 Å². The minimum absolute atomic E-state index is 0.0886. The first-order valence-electron chi connectivity index (χ1n) is 13.7. The fourth-order valence-corrected chi connectivity index (χ4v) is 4.77. The molecule has 1 fully saturated rings. The summed E-state index contributed by atoms with van der Waals surface area (Å²) in [5.74, 6) is -2.56. The maximum absolute atomic E-state index is 13.3. The van der Waals surface area contributed by atoms with E-state index in [-0.39, 0.29) is 44.4 Å². The predicted molar refractivity (Wildman–Crippen MR) is 154 cm³/mol. The Morgan fingerprint density at radius 2 is 1.85 bits per heavy atom. The standard InChI is InChI=1S/C31H39N3O6/c1-3-5-6-14-29(37)40-21-27(31(39)32-25-16-15-22-11-7-8-12-23(22)18-25)33-30(38)24(10-4-2)19-28(36)34-17-9-13-26(34)20-35/h3-4,7-8,11-12,15-16,18,24,26-27,35H,1-2,5-6,9-10,13-14,17,19-21H2,(H,32,39)(H,33,38)/t24-,26+,27+/m1/s1. The van der Waals surface area contributed by atoms with E-state index >= 15 is 0 Å². The summed E-state index contributed by atoms with van der Waals surface area (Å²) in [6.45, 7) is 7.39. The number of allylic oxidation sites excluding steroid dienone is 2. The molecule has 0 unspecified atom stereocenters. The highest BCUT2D eigenvalue weighted by molar-refractivity contribution is 5.99. The second-order valence-electron chi connectivity index (χ2n) is 9.97. The van der Waals surface area contributed by atoms with Crippen LogP contribution in [0.1, 0.15) is 44.9 Å². The van der Waals surface area contributed by atoms with E-state index in [0.717, 1.165) is 23.6 Å². The van der Waals surface area contributed by atoms with Gasteiger partial charge in [0.25, 0.3) is 5.91 Å². The lowest BCUT2D eigenvalue weighted by Gasteiger charge is -2.26. The van der Waals surface area contributed by atoms with E-state index in [0.29, 0.717) is 25.1 Å². The van der Waals surface area contributed by atoms with Gasteiger partial charge in [0.15, 0.2) is 0 Å². The first-order valence-corrected chi connectivity index (χ1v) is 13.7. The van der Waals surface area contributed by atoms with Crippen LogP contribution in [0.3, 0.4) is 0 Å². The molecule has 1 aliphatic heterocycles. The largest absolute Gasteiger partial charge is 0.463 e. The second-order valence-corrected chi connectivity index (χ2v) is 9.97. The van der Waals surface area contributed by atoms with Crippen molar-refractivity contribution in [2.24, 2.45) is 5.92 Å². The molecule has 0 spiro atoms. The van der Waals surface area contributed by atoms with Crippen molar-refractivity contribution in [1.82, 2.24) is 10.2 Å². The van der Waals surface area contributed by atoms with E-state index in [1.54, 1.807) is 23.1 Å². The lowest BCUT2D eigenvalue weighted by Crippen LogP contribution is -2.49. The number of carbonyl (C=O) groups is 4. The number of carbonyl (C=O) groups excluding carboxylic acids is 4. The molecule has 9 heteroatoms. The monoisotopic (exact) mass is 549 g/mol. The number of hydrogen-bond acceptors (Lipinski definition) is 6. The Hall–Kier alpha value is -3.98. The number of fused-ring (bicyclic) bond motifs is 1. The number of aliphatic hydroxyl groups excluding tert-OH is 1. The van der Waals surface area contributed by atoms with Crippen LogP contribution >= 0.6 is 0 Å². The number of anilines is 1. The molecule has 0 radical (unpaired) electrons. The smallest absolute Gasteiger partial charge is 0.305 e. The summed E-state index contributed by atoms with van der Waals surface area (Å²) in [6, 6.07) is 11.7. The highest BCUT2D eigenvalue weighted by Gasteiger charge is 2.32. The van der Waals surface area contributed by atoms with Crippen LogP contribution in [0, 0.1) is 5.92 Å². The van der Waals surface area contributed by atoms with E-state index in [1.807, 2.05) is 36.4 Å². The van der Waals surface area contributed by atoms with Crippen LogP contribution in [-0.4, -0.2) is 65.5 Å². The second kappa shape index (κ2) is 15.6. The summed E-state index contributed by atoms with van der Waals surface area (Å²) in [7, 11) is 0. The SMILES string of the molecule is C=CCCCC(=O)OC[C@H](NC(=O)[C@H](CC=C)CC(=O)N1CCC[C@H]1CO)C(=O)Nc1ccc2ccccc2c1. The number of amides is 3. The van der Waals surface area contributed by atoms with E-state index in [2.05, 4.69) is 23.8 Å². The van der Waals surface area contributed by atoms with Gasteiger partial charge in [0.05, 0.1) is 18.6 Å². The molecule has 0 aromatic heterocycles. The Labute approximate surface area is 235 Å². The van der Waals surface area contributed by atoms with Gasteiger partial charge < -0.3 is 25.4 Å². The average Bonchev–Trinajstić information content (AvgIpc) is 3.44. The molecule has 2 aromatic rings. The number of hydrogen-bond donors (Lipinski definition) is 3.